The SMILES string of the molecule is CC1(C)Oc2cc3[nH]c(=O)[nH]c3cc2O1. The van der Waals surface area contributed by atoms with E-state index >= 15 is 0 Å². The molecule has 0 amide bonds. The third-order valence-corrected chi connectivity index (χ3v) is 2.29. The Hall–Kier alpha value is -1.91. The third-order valence-electron chi connectivity index (χ3n) is 2.29. The van der Waals surface area contributed by atoms with Crippen LogP contribution in [0.15, 0.2) is 16.9 Å². The molecule has 0 bridgehead atoms. The van der Waals surface area contributed by atoms with Crippen molar-refractivity contribution in [3.63, 3.8) is 0 Å². The van der Waals surface area contributed by atoms with Crippen LogP contribution in [0.5, 0.6) is 11.5 Å². The van der Waals surface area contributed by atoms with Gasteiger partial charge in [0.25, 0.3) is 0 Å². The first-order valence-corrected chi connectivity index (χ1v) is 4.68. The number of rotatable bonds is 0. The third kappa shape index (κ3) is 1.20. The van der Waals surface area contributed by atoms with Gasteiger partial charge in [0.15, 0.2) is 11.5 Å². The highest BCUT2D eigenvalue weighted by Gasteiger charge is 2.32. The zero-order valence-corrected chi connectivity index (χ0v) is 8.38. The number of aromatic nitrogens is 2. The largest absolute Gasteiger partial charge is 0.449 e. The molecule has 78 valence electrons. The van der Waals surface area contributed by atoms with Gasteiger partial charge in [-0.15, -0.1) is 0 Å². The summed E-state index contributed by atoms with van der Waals surface area (Å²) in [6, 6.07) is 3.52. The minimum atomic E-state index is -0.637. The van der Waals surface area contributed by atoms with E-state index in [0.717, 1.165) is 11.0 Å². The van der Waals surface area contributed by atoms with Crippen LogP contribution in [0.2, 0.25) is 0 Å². The Kier molecular flexibility index (Phi) is 1.32. The Morgan fingerprint density at radius 2 is 1.53 bits per heavy atom. The molecule has 1 aliphatic rings. The molecule has 15 heavy (non-hydrogen) atoms. The summed E-state index contributed by atoms with van der Waals surface area (Å²) in [6.07, 6.45) is 0. The quantitative estimate of drug-likeness (QED) is 0.684. The Morgan fingerprint density at radius 3 is 2.00 bits per heavy atom. The first-order valence-electron chi connectivity index (χ1n) is 4.68. The molecule has 1 aromatic heterocycles. The molecule has 5 heteroatoms. The summed E-state index contributed by atoms with van der Waals surface area (Å²) in [5.41, 5.74) is 1.22. The number of aromatic amines is 2. The summed E-state index contributed by atoms with van der Waals surface area (Å²) in [5.74, 6) is 0.673. The normalized spacial score (nSPS) is 17.2. The molecule has 2 aromatic rings. The standard InChI is InChI=1S/C10H10N2O3/c1-10(2)14-7-3-5-6(4-8(7)15-10)12-9(13)11-5/h3-4H,1-2H3,(H2,11,12,13). The number of ether oxygens (including phenoxy) is 2. The first kappa shape index (κ1) is 8.40. The number of H-pyrrole nitrogens is 2. The molecular weight excluding hydrogens is 196 g/mol. The van der Waals surface area contributed by atoms with Crippen molar-refractivity contribution in [3.05, 3.63) is 22.6 Å². The fraction of sp³-hybridized carbons (Fsp3) is 0.300. The van der Waals surface area contributed by atoms with Crippen LogP contribution in [-0.4, -0.2) is 15.8 Å². The van der Waals surface area contributed by atoms with Crippen LogP contribution in [0.1, 0.15) is 13.8 Å². The lowest BCUT2D eigenvalue weighted by molar-refractivity contribution is -0.0431. The van der Waals surface area contributed by atoms with E-state index in [2.05, 4.69) is 9.97 Å². The topological polar surface area (TPSA) is 67.1 Å². The maximum atomic E-state index is 11.1. The second-order valence-electron chi connectivity index (χ2n) is 4.03. The molecule has 0 radical (unpaired) electrons. The average molecular weight is 206 g/mol. The van der Waals surface area contributed by atoms with Crippen molar-refractivity contribution in [2.24, 2.45) is 0 Å². The average Bonchev–Trinajstić information content (AvgIpc) is 2.55. The molecule has 2 heterocycles. The summed E-state index contributed by atoms with van der Waals surface area (Å²) < 4.78 is 11.1. The van der Waals surface area contributed by atoms with E-state index < -0.39 is 5.79 Å². The van der Waals surface area contributed by atoms with Crippen molar-refractivity contribution in [1.82, 2.24) is 9.97 Å². The summed E-state index contributed by atoms with van der Waals surface area (Å²) in [5, 5.41) is 0. The maximum Gasteiger partial charge on any atom is 0.323 e. The Morgan fingerprint density at radius 1 is 1.07 bits per heavy atom. The second kappa shape index (κ2) is 2.36. The number of fused-ring (bicyclic) bond motifs is 2. The summed E-state index contributed by atoms with van der Waals surface area (Å²) in [7, 11) is 0. The lowest BCUT2D eigenvalue weighted by Crippen LogP contribution is -2.29. The molecule has 1 aromatic carbocycles. The first-order chi connectivity index (χ1) is 7.03. The summed E-state index contributed by atoms with van der Waals surface area (Å²) in [4.78, 5) is 16.4. The van der Waals surface area contributed by atoms with Gasteiger partial charge in [0.05, 0.1) is 11.0 Å². The fourth-order valence-corrected chi connectivity index (χ4v) is 1.75. The number of imidazole rings is 1. The molecule has 0 spiro atoms. The van der Waals surface area contributed by atoms with Crippen molar-refractivity contribution < 1.29 is 9.47 Å². The molecular formula is C10H10N2O3. The smallest absolute Gasteiger partial charge is 0.323 e. The van der Waals surface area contributed by atoms with Crippen LogP contribution in [0, 0.1) is 0 Å². The Bertz CT molecular complexity index is 546. The minimum Gasteiger partial charge on any atom is -0.449 e. The van der Waals surface area contributed by atoms with E-state index in [1.54, 1.807) is 12.1 Å². The molecule has 0 atom stereocenters. The van der Waals surface area contributed by atoms with Crippen molar-refractivity contribution >= 4 is 11.0 Å². The molecule has 0 fully saturated rings. The lowest BCUT2D eigenvalue weighted by Gasteiger charge is -2.16. The van der Waals surface area contributed by atoms with E-state index in [1.807, 2.05) is 13.8 Å². The predicted molar refractivity (Wildman–Crippen MR) is 54.3 cm³/mol. The van der Waals surface area contributed by atoms with Gasteiger partial charge in [0.1, 0.15) is 0 Å². The molecule has 0 saturated heterocycles. The van der Waals surface area contributed by atoms with Gasteiger partial charge in [-0.3, -0.25) is 0 Å². The van der Waals surface area contributed by atoms with E-state index in [0.29, 0.717) is 11.5 Å². The highest BCUT2D eigenvalue weighted by molar-refractivity contribution is 5.79. The van der Waals surface area contributed by atoms with Crippen LogP contribution < -0.4 is 15.2 Å². The molecule has 1 aliphatic heterocycles. The van der Waals surface area contributed by atoms with Crippen LogP contribution in [0.25, 0.3) is 11.0 Å². The van der Waals surface area contributed by atoms with Crippen LogP contribution >= 0.6 is 0 Å². The van der Waals surface area contributed by atoms with Crippen LogP contribution in [-0.2, 0) is 0 Å². The molecule has 0 saturated carbocycles. The van der Waals surface area contributed by atoms with Gasteiger partial charge in [-0.25, -0.2) is 4.79 Å². The molecule has 2 N–H and O–H groups in total. The number of benzene rings is 1. The highest BCUT2D eigenvalue weighted by atomic mass is 16.7. The Labute approximate surface area is 85.0 Å². The summed E-state index contributed by atoms with van der Waals surface area (Å²) in [6.45, 7) is 3.67. The number of hydrogen-bond donors (Lipinski definition) is 2. The number of nitrogens with one attached hydrogen (secondary N) is 2. The van der Waals surface area contributed by atoms with E-state index in [4.69, 9.17) is 9.47 Å². The minimum absolute atomic E-state index is 0.229. The second-order valence-corrected chi connectivity index (χ2v) is 4.03. The zero-order valence-electron chi connectivity index (χ0n) is 8.38. The molecule has 5 nitrogen and oxygen atoms in total. The molecule has 3 rings (SSSR count). The van der Waals surface area contributed by atoms with Crippen molar-refractivity contribution in [1.29, 1.82) is 0 Å². The van der Waals surface area contributed by atoms with E-state index in [9.17, 15) is 4.79 Å². The lowest BCUT2D eigenvalue weighted by atomic mass is 10.3. The van der Waals surface area contributed by atoms with E-state index in [-0.39, 0.29) is 5.69 Å². The van der Waals surface area contributed by atoms with Gasteiger partial charge in [0, 0.05) is 26.0 Å². The fourth-order valence-electron chi connectivity index (χ4n) is 1.75. The van der Waals surface area contributed by atoms with Gasteiger partial charge in [-0.2, -0.15) is 0 Å². The summed E-state index contributed by atoms with van der Waals surface area (Å²) >= 11 is 0. The maximum absolute atomic E-state index is 11.1. The highest BCUT2D eigenvalue weighted by Crippen LogP contribution is 2.40. The Balaban J connectivity index is 2.25. The van der Waals surface area contributed by atoms with Crippen LogP contribution in [0.4, 0.5) is 0 Å². The van der Waals surface area contributed by atoms with Gasteiger partial charge in [-0.05, 0) is 0 Å². The van der Waals surface area contributed by atoms with Crippen LogP contribution in [0.3, 0.4) is 0 Å². The molecule has 0 unspecified atom stereocenters. The predicted octanol–water partition coefficient (Wildman–Crippen LogP) is 1.36. The number of hydrogen-bond acceptors (Lipinski definition) is 3. The van der Waals surface area contributed by atoms with Gasteiger partial charge in [0.2, 0.25) is 5.79 Å². The van der Waals surface area contributed by atoms with E-state index in [1.165, 1.54) is 0 Å². The van der Waals surface area contributed by atoms with Crippen molar-refractivity contribution in [2.45, 2.75) is 19.6 Å². The zero-order chi connectivity index (χ0) is 10.6. The van der Waals surface area contributed by atoms with Gasteiger partial charge >= 0.3 is 5.69 Å². The van der Waals surface area contributed by atoms with Crippen molar-refractivity contribution in [3.8, 4) is 11.5 Å². The van der Waals surface area contributed by atoms with Crippen molar-refractivity contribution in [2.75, 3.05) is 0 Å². The monoisotopic (exact) mass is 206 g/mol. The molecule has 0 aliphatic carbocycles. The van der Waals surface area contributed by atoms with Gasteiger partial charge in [-0.1, -0.05) is 0 Å². The van der Waals surface area contributed by atoms with Gasteiger partial charge < -0.3 is 19.4 Å².